The summed E-state index contributed by atoms with van der Waals surface area (Å²) in [4.78, 5) is 0. The fraction of sp³-hybridized carbons (Fsp3) is 0.636. The van der Waals surface area contributed by atoms with E-state index in [4.69, 9.17) is 4.42 Å². The summed E-state index contributed by atoms with van der Waals surface area (Å²) in [6, 6.07) is 1.94. The molecule has 1 heterocycles. The maximum absolute atomic E-state index is 9.42. The highest BCUT2D eigenvalue weighted by Gasteiger charge is 2.21. The van der Waals surface area contributed by atoms with Crippen LogP contribution in [0.15, 0.2) is 10.5 Å². The first-order chi connectivity index (χ1) is 5.82. The predicted molar refractivity (Wildman–Crippen MR) is 52.8 cm³/mol. The van der Waals surface area contributed by atoms with Crippen molar-refractivity contribution in [2.75, 3.05) is 0 Å². The molecule has 1 aromatic heterocycles. The summed E-state index contributed by atoms with van der Waals surface area (Å²) in [5.74, 6) is 1.75. The average molecular weight is 182 g/mol. The van der Waals surface area contributed by atoms with Gasteiger partial charge in [0.15, 0.2) is 0 Å². The van der Waals surface area contributed by atoms with Crippen LogP contribution in [0.1, 0.15) is 50.9 Å². The van der Waals surface area contributed by atoms with Crippen molar-refractivity contribution < 1.29 is 9.52 Å². The molecule has 13 heavy (non-hydrogen) atoms. The Morgan fingerprint density at radius 2 is 1.92 bits per heavy atom. The Hall–Kier alpha value is -0.760. The van der Waals surface area contributed by atoms with Crippen LogP contribution in [0, 0.1) is 6.92 Å². The van der Waals surface area contributed by atoms with Crippen molar-refractivity contribution in [3.8, 4) is 0 Å². The lowest BCUT2D eigenvalue weighted by molar-refractivity contribution is 0.197. The van der Waals surface area contributed by atoms with E-state index < -0.39 is 6.10 Å². The molecule has 2 heteroatoms. The minimum Gasteiger partial charge on any atom is -0.465 e. The molecule has 0 amide bonds. The molecule has 1 atom stereocenters. The Morgan fingerprint density at radius 3 is 2.15 bits per heavy atom. The van der Waals surface area contributed by atoms with Gasteiger partial charge in [0.25, 0.3) is 0 Å². The van der Waals surface area contributed by atoms with E-state index in [-0.39, 0.29) is 5.41 Å². The van der Waals surface area contributed by atoms with E-state index in [1.54, 1.807) is 6.92 Å². The number of hydrogen-bond acceptors (Lipinski definition) is 2. The zero-order valence-electron chi connectivity index (χ0n) is 9.01. The minimum absolute atomic E-state index is 0.0118. The van der Waals surface area contributed by atoms with Crippen LogP contribution >= 0.6 is 0 Å². The normalized spacial score (nSPS) is 14.6. The lowest BCUT2D eigenvalue weighted by Crippen LogP contribution is -2.09. The summed E-state index contributed by atoms with van der Waals surface area (Å²) in [6.07, 6.45) is -0.445. The Balaban J connectivity index is 3.10. The molecule has 74 valence electrons. The quantitative estimate of drug-likeness (QED) is 0.724. The van der Waals surface area contributed by atoms with Gasteiger partial charge in [-0.1, -0.05) is 20.8 Å². The molecule has 0 saturated heterocycles. The van der Waals surface area contributed by atoms with Gasteiger partial charge in [0, 0.05) is 11.0 Å². The van der Waals surface area contributed by atoms with Crippen LogP contribution in [-0.2, 0) is 5.41 Å². The molecule has 1 N–H and O–H groups in total. The van der Waals surface area contributed by atoms with Crippen molar-refractivity contribution >= 4 is 0 Å². The van der Waals surface area contributed by atoms with Gasteiger partial charge in [-0.3, -0.25) is 0 Å². The van der Waals surface area contributed by atoms with Gasteiger partial charge < -0.3 is 9.52 Å². The van der Waals surface area contributed by atoms with E-state index in [1.807, 2.05) is 13.0 Å². The van der Waals surface area contributed by atoms with E-state index in [1.165, 1.54) is 0 Å². The second-order valence-corrected chi connectivity index (χ2v) is 4.55. The molecule has 0 bridgehead atoms. The first-order valence-corrected chi connectivity index (χ1v) is 4.61. The largest absolute Gasteiger partial charge is 0.465 e. The maximum Gasteiger partial charge on any atom is 0.109 e. The van der Waals surface area contributed by atoms with Crippen molar-refractivity contribution in [3.63, 3.8) is 0 Å². The maximum atomic E-state index is 9.42. The highest BCUT2D eigenvalue weighted by atomic mass is 16.3. The Bertz CT molecular complexity index is 290. The summed E-state index contributed by atoms with van der Waals surface area (Å²) in [5.41, 5.74) is 0.905. The van der Waals surface area contributed by atoms with Crippen LogP contribution < -0.4 is 0 Å². The van der Waals surface area contributed by atoms with Crippen molar-refractivity contribution in [1.82, 2.24) is 0 Å². The van der Waals surface area contributed by atoms with E-state index in [2.05, 4.69) is 20.8 Å². The molecule has 0 aromatic carbocycles. The van der Waals surface area contributed by atoms with Gasteiger partial charge in [-0.05, 0) is 19.9 Å². The molecule has 0 radical (unpaired) electrons. The van der Waals surface area contributed by atoms with Crippen LogP contribution in [0.4, 0.5) is 0 Å². The lowest BCUT2D eigenvalue weighted by Gasteiger charge is -2.13. The molecule has 1 unspecified atom stereocenters. The molecule has 0 aliphatic carbocycles. The number of aliphatic hydroxyl groups excluding tert-OH is 1. The average Bonchev–Trinajstić information content (AvgIpc) is 2.29. The summed E-state index contributed by atoms with van der Waals surface area (Å²) < 4.78 is 5.58. The summed E-state index contributed by atoms with van der Waals surface area (Å²) in [7, 11) is 0. The van der Waals surface area contributed by atoms with Crippen molar-refractivity contribution in [2.24, 2.45) is 0 Å². The first-order valence-electron chi connectivity index (χ1n) is 4.61. The SMILES string of the molecule is Cc1oc(C(C)(C)C)cc1C(C)O. The van der Waals surface area contributed by atoms with Crippen LogP contribution in [-0.4, -0.2) is 5.11 Å². The van der Waals surface area contributed by atoms with Gasteiger partial charge in [0.05, 0.1) is 6.10 Å². The summed E-state index contributed by atoms with van der Waals surface area (Å²) in [5, 5.41) is 9.42. The number of aliphatic hydroxyl groups is 1. The van der Waals surface area contributed by atoms with Gasteiger partial charge in [-0.15, -0.1) is 0 Å². The van der Waals surface area contributed by atoms with E-state index >= 15 is 0 Å². The second-order valence-electron chi connectivity index (χ2n) is 4.55. The molecule has 2 nitrogen and oxygen atoms in total. The van der Waals surface area contributed by atoms with Gasteiger partial charge >= 0.3 is 0 Å². The Labute approximate surface area is 79.6 Å². The smallest absolute Gasteiger partial charge is 0.109 e. The first kappa shape index (κ1) is 10.3. The highest BCUT2D eigenvalue weighted by molar-refractivity contribution is 5.26. The number of furan rings is 1. The van der Waals surface area contributed by atoms with Crippen LogP contribution in [0.2, 0.25) is 0 Å². The van der Waals surface area contributed by atoms with Gasteiger partial charge in [0.1, 0.15) is 11.5 Å². The molecule has 0 fully saturated rings. The standard InChI is InChI=1S/C11H18O2/c1-7(12)9-6-10(11(3,4)5)13-8(9)2/h6-7,12H,1-5H3. The van der Waals surface area contributed by atoms with E-state index in [0.29, 0.717) is 0 Å². The van der Waals surface area contributed by atoms with E-state index in [0.717, 1.165) is 17.1 Å². The third-order valence-corrected chi connectivity index (χ3v) is 2.15. The molecule has 1 rings (SSSR count). The zero-order valence-corrected chi connectivity index (χ0v) is 9.01. The predicted octanol–water partition coefficient (Wildman–Crippen LogP) is 2.94. The fourth-order valence-electron chi connectivity index (χ4n) is 1.28. The van der Waals surface area contributed by atoms with Gasteiger partial charge in [-0.25, -0.2) is 0 Å². The number of aryl methyl sites for hydroxylation is 1. The molecule has 1 aromatic rings. The third-order valence-electron chi connectivity index (χ3n) is 2.15. The number of hydrogen-bond donors (Lipinski definition) is 1. The monoisotopic (exact) mass is 182 g/mol. The van der Waals surface area contributed by atoms with Gasteiger partial charge in [0.2, 0.25) is 0 Å². The lowest BCUT2D eigenvalue weighted by atomic mass is 9.93. The Kier molecular flexibility index (Phi) is 2.53. The highest BCUT2D eigenvalue weighted by Crippen LogP contribution is 2.29. The summed E-state index contributed by atoms with van der Waals surface area (Å²) >= 11 is 0. The molecule has 0 aliphatic heterocycles. The minimum atomic E-state index is -0.445. The van der Waals surface area contributed by atoms with E-state index in [9.17, 15) is 5.11 Å². The summed E-state index contributed by atoms with van der Waals surface area (Å²) in [6.45, 7) is 9.92. The van der Waals surface area contributed by atoms with Crippen molar-refractivity contribution in [1.29, 1.82) is 0 Å². The van der Waals surface area contributed by atoms with Crippen molar-refractivity contribution in [3.05, 3.63) is 23.2 Å². The van der Waals surface area contributed by atoms with Crippen molar-refractivity contribution in [2.45, 2.75) is 46.1 Å². The second kappa shape index (κ2) is 3.18. The van der Waals surface area contributed by atoms with Gasteiger partial charge in [-0.2, -0.15) is 0 Å². The molecule has 0 saturated carbocycles. The fourth-order valence-corrected chi connectivity index (χ4v) is 1.28. The topological polar surface area (TPSA) is 33.4 Å². The Morgan fingerprint density at radius 1 is 1.38 bits per heavy atom. The van der Waals surface area contributed by atoms with Crippen LogP contribution in [0.5, 0.6) is 0 Å². The van der Waals surface area contributed by atoms with Crippen LogP contribution in [0.25, 0.3) is 0 Å². The van der Waals surface area contributed by atoms with Crippen LogP contribution in [0.3, 0.4) is 0 Å². The molecular weight excluding hydrogens is 164 g/mol. The molecule has 0 spiro atoms. The molecule has 0 aliphatic rings. The number of rotatable bonds is 1. The zero-order chi connectivity index (χ0) is 10.2. The molecular formula is C11H18O2. The third kappa shape index (κ3) is 2.13.